The lowest BCUT2D eigenvalue weighted by molar-refractivity contribution is 0.597. The zero-order valence-corrected chi connectivity index (χ0v) is 14.1. The van der Waals surface area contributed by atoms with Crippen LogP contribution >= 0.6 is 15.9 Å². The van der Waals surface area contributed by atoms with Crippen LogP contribution in [0.25, 0.3) is 11.0 Å². The highest BCUT2D eigenvalue weighted by Gasteiger charge is 2.21. The highest BCUT2D eigenvalue weighted by molar-refractivity contribution is 9.10. The first-order chi connectivity index (χ1) is 10.1. The molecule has 3 rings (SSSR count). The molecule has 0 saturated carbocycles. The van der Waals surface area contributed by atoms with Gasteiger partial charge in [0.25, 0.3) is 0 Å². The smallest absolute Gasteiger partial charge is 0.208 e. The summed E-state index contributed by atoms with van der Waals surface area (Å²) >= 11 is 3.30. The molecule has 6 heteroatoms. The first-order valence-corrected chi connectivity index (χ1v) is 8.79. The molecule has 2 aromatic heterocycles. The topological polar surface area (TPSA) is 62.8 Å². The molecule has 0 atom stereocenters. The van der Waals surface area contributed by atoms with Gasteiger partial charge in [-0.1, -0.05) is 32.0 Å². The fourth-order valence-electron chi connectivity index (χ4n) is 1.90. The molecule has 1 N–H and O–H groups in total. The van der Waals surface area contributed by atoms with Gasteiger partial charge in [0.2, 0.25) is 9.84 Å². The summed E-state index contributed by atoms with van der Waals surface area (Å²) in [6, 6.07) is 10.1. The van der Waals surface area contributed by atoms with Crippen LogP contribution in [0.4, 0.5) is 0 Å². The van der Waals surface area contributed by atoms with Gasteiger partial charge in [-0.25, -0.2) is 13.4 Å². The number of fused-ring (bicyclic) bond motifs is 1. The summed E-state index contributed by atoms with van der Waals surface area (Å²) in [5.74, 6) is 0. The molecular formula is C15H15BrN2O2S. The van der Waals surface area contributed by atoms with E-state index in [4.69, 9.17) is 0 Å². The Hall–Kier alpha value is -1.66. The van der Waals surface area contributed by atoms with Crippen molar-refractivity contribution in [1.82, 2.24) is 9.97 Å². The molecule has 4 nitrogen and oxygen atoms in total. The third-order valence-corrected chi connectivity index (χ3v) is 5.05. The second kappa shape index (κ2) is 6.41. The van der Waals surface area contributed by atoms with E-state index in [0.717, 1.165) is 4.47 Å². The van der Waals surface area contributed by atoms with Crippen molar-refractivity contribution in [3.63, 3.8) is 0 Å². The van der Waals surface area contributed by atoms with Crippen LogP contribution in [0.1, 0.15) is 13.8 Å². The lowest BCUT2D eigenvalue weighted by atomic mass is 10.3. The molecule has 110 valence electrons. The largest absolute Gasteiger partial charge is 0.345 e. The summed E-state index contributed by atoms with van der Waals surface area (Å²) in [5, 5.41) is 0.582. The van der Waals surface area contributed by atoms with Gasteiger partial charge in [-0.05, 0) is 34.1 Å². The van der Waals surface area contributed by atoms with Gasteiger partial charge in [0.05, 0.1) is 9.79 Å². The number of aromatic nitrogens is 2. The molecule has 0 aliphatic carbocycles. The summed E-state index contributed by atoms with van der Waals surface area (Å²) < 4.78 is 25.9. The van der Waals surface area contributed by atoms with Crippen LogP contribution < -0.4 is 0 Å². The predicted octanol–water partition coefficient (Wildman–Crippen LogP) is 4.18. The molecule has 3 aromatic rings. The van der Waals surface area contributed by atoms with E-state index in [1.807, 2.05) is 13.8 Å². The molecule has 0 amide bonds. The Kier molecular flexibility index (Phi) is 4.80. The Morgan fingerprint density at radius 1 is 1.14 bits per heavy atom. The third kappa shape index (κ3) is 3.01. The lowest BCUT2D eigenvalue weighted by Gasteiger charge is -2.02. The Bertz CT molecular complexity index is 842. The normalized spacial score (nSPS) is 11.0. The highest BCUT2D eigenvalue weighted by atomic mass is 79.9. The van der Waals surface area contributed by atoms with Gasteiger partial charge in [-0.15, -0.1) is 0 Å². The van der Waals surface area contributed by atoms with E-state index < -0.39 is 9.84 Å². The minimum absolute atomic E-state index is 0.238. The Balaban J connectivity index is 0.000000774. The average Bonchev–Trinajstić information content (AvgIpc) is 2.94. The number of nitrogens with zero attached hydrogens (tertiary/aromatic N) is 1. The average molecular weight is 367 g/mol. The van der Waals surface area contributed by atoms with Crippen LogP contribution in [0.15, 0.2) is 63.1 Å². The summed E-state index contributed by atoms with van der Waals surface area (Å²) in [6.07, 6.45) is 3.10. The Labute approximate surface area is 132 Å². The van der Waals surface area contributed by atoms with Crippen molar-refractivity contribution in [2.45, 2.75) is 23.6 Å². The van der Waals surface area contributed by atoms with Crippen molar-refractivity contribution in [1.29, 1.82) is 0 Å². The van der Waals surface area contributed by atoms with Gasteiger partial charge in [-0.3, -0.25) is 0 Å². The van der Waals surface area contributed by atoms with E-state index in [1.165, 1.54) is 6.20 Å². The van der Waals surface area contributed by atoms with E-state index in [0.29, 0.717) is 11.0 Å². The van der Waals surface area contributed by atoms with Crippen LogP contribution in [0.3, 0.4) is 0 Å². The van der Waals surface area contributed by atoms with Crippen LogP contribution in [-0.4, -0.2) is 18.4 Å². The van der Waals surface area contributed by atoms with Crippen LogP contribution in [0, 0.1) is 0 Å². The third-order valence-electron chi connectivity index (χ3n) is 2.80. The van der Waals surface area contributed by atoms with Gasteiger partial charge in [0, 0.05) is 22.3 Å². The minimum atomic E-state index is -3.53. The Morgan fingerprint density at radius 3 is 2.48 bits per heavy atom. The van der Waals surface area contributed by atoms with Gasteiger partial charge in [-0.2, -0.15) is 0 Å². The first-order valence-electron chi connectivity index (χ1n) is 6.52. The number of hydrogen-bond acceptors (Lipinski definition) is 3. The van der Waals surface area contributed by atoms with Crippen LogP contribution in [-0.2, 0) is 9.84 Å². The monoisotopic (exact) mass is 366 g/mol. The quantitative estimate of drug-likeness (QED) is 0.739. The lowest BCUT2D eigenvalue weighted by Crippen LogP contribution is -2.00. The molecule has 0 spiro atoms. The molecule has 0 radical (unpaired) electrons. The summed E-state index contributed by atoms with van der Waals surface area (Å²) in [6.45, 7) is 4.00. The number of sulfone groups is 1. The van der Waals surface area contributed by atoms with Gasteiger partial charge in [0.15, 0.2) is 0 Å². The SMILES string of the molecule is CC.O=S(=O)(c1ccccc1)c1c[nH]c2ncc(Br)cc12. The zero-order valence-electron chi connectivity index (χ0n) is 11.7. The number of aromatic amines is 1. The molecule has 0 aliphatic heterocycles. The zero-order chi connectivity index (χ0) is 15.5. The highest BCUT2D eigenvalue weighted by Crippen LogP contribution is 2.28. The number of rotatable bonds is 2. The summed E-state index contributed by atoms with van der Waals surface area (Å²) in [5.41, 5.74) is 0.553. The van der Waals surface area contributed by atoms with E-state index in [-0.39, 0.29) is 9.79 Å². The number of H-pyrrole nitrogens is 1. The fourth-order valence-corrected chi connectivity index (χ4v) is 3.66. The van der Waals surface area contributed by atoms with Gasteiger partial charge >= 0.3 is 0 Å². The number of pyridine rings is 1. The van der Waals surface area contributed by atoms with Crippen molar-refractivity contribution in [3.8, 4) is 0 Å². The molecule has 0 saturated heterocycles. The van der Waals surface area contributed by atoms with E-state index in [9.17, 15) is 8.42 Å². The molecule has 21 heavy (non-hydrogen) atoms. The van der Waals surface area contributed by atoms with Crippen molar-refractivity contribution >= 4 is 36.8 Å². The van der Waals surface area contributed by atoms with E-state index >= 15 is 0 Å². The van der Waals surface area contributed by atoms with Crippen LogP contribution in [0.5, 0.6) is 0 Å². The second-order valence-electron chi connectivity index (χ2n) is 4.02. The molecule has 0 fully saturated rings. The maximum atomic E-state index is 12.6. The number of nitrogens with one attached hydrogen (secondary N) is 1. The molecular weight excluding hydrogens is 352 g/mol. The first kappa shape index (κ1) is 15.7. The molecule has 0 unspecified atom stereocenters. The number of hydrogen-bond donors (Lipinski definition) is 1. The molecule has 0 aliphatic rings. The molecule has 2 heterocycles. The predicted molar refractivity (Wildman–Crippen MR) is 87.0 cm³/mol. The Morgan fingerprint density at radius 2 is 1.81 bits per heavy atom. The van der Waals surface area contributed by atoms with Crippen molar-refractivity contribution in [2.75, 3.05) is 0 Å². The number of benzene rings is 1. The standard InChI is InChI=1S/C13H9BrN2O2S.C2H6/c14-9-6-11-12(8-16-13(11)15-7-9)19(17,18)10-4-2-1-3-5-10;1-2/h1-8H,(H,15,16);1-2H3. The van der Waals surface area contributed by atoms with E-state index in [2.05, 4.69) is 25.9 Å². The van der Waals surface area contributed by atoms with Crippen LogP contribution in [0.2, 0.25) is 0 Å². The summed E-state index contributed by atoms with van der Waals surface area (Å²) in [7, 11) is -3.53. The second-order valence-corrected chi connectivity index (χ2v) is 6.85. The van der Waals surface area contributed by atoms with Gasteiger partial charge < -0.3 is 4.98 Å². The summed E-state index contributed by atoms with van der Waals surface area (Å²) in [4.78, 5) is 7.53. The van der Waals surface area contributed by atoms with Crippen molar-refractivity contribution < 1.29 is 8.42 Å². The van der Waals surface area contributed by atoms with Gasteiger partial charge in [0.1, 0.15) is 5.65 Å². The number of halogens is 1. The maximum absolute atomic E-state index is 12.6. The van der Waals surface area contributed by atoms with Crippen molar-refractivity contribution in [3.05, 3.63) is 53.3 Å². The maximum Gasteiger partial charge on any atom is 0.208 e. The van der Waals surface area contributed by atoms with Crippen molar-refractivity contribution in [2.24, 2.45) is 0 Å². The fraction of sp³-hybridized carbons (Fsp3) is 0.133. The molecule has 1 aromatic carbocycles. The van der Waals surface area contributed by atoms with E-state index in [1.54, 1.807) is 42.6 Å². The minimum Gasteiger partial charge on any atom is -0.345 e. The molecule has 0 bridgehead atoms.